The lowest BCUT2D eigenvalue weighted by Crippen LogP contribution is -2.14. The van der Waals surface area contributed by atoms with Gasteiger partial charge in [0.25, 0.3) is 0 Å². The van der Waals surface area contributed by atoms with E-state index in [0.29, 0.717) is 10.7 Å². The van der Waals surface area contributed by atoms with Gasteiger partial charge in [-0.2, -0.15) is 0 Å². The Hall–Kier alpha value is -2.60. The lowest BCUT2D eigenvalue weighted by Gasteiger charge is -2.04. The Morgan fingerprint density at radius 3 is 2.46 bits per heavy atom. The molecule has 24 heavy (non-hydrogen) atoms. The van der Waals surface area contributed by atoms with E-state index in [0.717, 1.165) is 5.56 Å². The number of nitrogens with one attached hydrogen (secondary N) is 1. The second kappa shape index (κ2) is 6.88. The summed E-state index contributed by atoms with van der Waals surface area (Å²) < 4.78 is 27.5. The molecule has 1 aromatic heterocycles. The SMILES string of the molecule is Cc1ccc(NC(=O)Cc2nc(-c3c(F)cccc3F)cs2)cc1. The maximum Gasteiger partial charge on any atom is 0.231 e. The van der Waals surface area contributed by atoms with Crippen LogP contribution >= 0.6 is 11.3 Å². The highest BCUT2D eigenvalue weighted by Gasteiger charge is 2.15. The van der Waals surface area contributed by atoms with Gasteiger partial charge in [0.15, 0.2) is 0 Å². The summed E-state index contributed by atoms with van der Waals surface area (Å²) in [5.41, 5.74) is 1.83. The molecule has 1 N–H and O–H groups in total. The molecule has 0 fully saturated rings. The Kier molecular flexibility index (Phi) is 4.66. The summed E-state index contributed by atoms with van der Waals surface area (Å²) >= 11 is 1.20. The number of halogens is 2. The first-order valence-corrected chi connectivity index (χ1v) is 8.16. The first-order valence-electron chi connectivity index (χ1n) is 7.28. The minimum Gasteiger partial charge on any atom is -0.326 e. The number of aryl methyl sites for hydroxylation is 1. The molecule has 1 amide bonds. The van der Waals surface area contributed by atoms with Crippen LogP contribution in [0.5, 0.6) is 0 Å². The minimum absolute atomic E-state index is 0.0502. The number of benzene rings is 2. The fourth-order valence-corrected chi connectivity index (χ4v) is 3.01. The normalized spacial score (nSPS) is 10.6. The number of hydrogen-bond donors (Lipinski definition) is 1. The number of aromatic nitrogens is 1. The third-order valence-corrected chi connectivity index (χ3v) is 4.27. The van der Waals surface area contributed by atoms with Gasteiger partial charge >= 0.3 is 0 Å². The van der Waals surface area contributed by atoms with Crippen molar-refractivity contribution in [3.63, 3.8) is 0 Å². The minimum atomic E-state index is -0.670. The van der Waals surface area contributed by atoms with Crippen molar-refractivity contribution in [1.82, 2.24) is 4.98 Å². The quantitative estimate of drug-likeness (QED) is 0.753. The number of carbonyl (C=O) groups excluding carboxylic acids is 1. The number of carbonyl (C=O) groups is 1. The van der Waals surface area contributed by atoms with Crippen LogP contribution in [0.25, 0.3) is 11.3 Å². The summed E-state index contributed by atoms with van der Waals surface area (Å²) in [6.07, 6.45) is 0.0502. The van der Waals surface area contributed by atoms with E-state index in [1.807, 2.05) is 31.2 Å². The summed E-state index contributed by atoms with van der Waals surface area (Å²) in [7, 11) is 0. The molecule has 0 radical (unpaired) electrons. The van der Waals surface area contributed by atoms with Crippen LogP contribution in [0.15, 0.2) is 47.8 Å². The van der Waals surface area contributed by atoms with Crippen molar-refractivity contribution in [3.05, 3.63) is 70.1 Å². The fraction of sp³-hybridized carbons (Fsp3) is 0.111. The van der Waals surface area contributed by atoms with Crippen LogP contribution < -0.4 is 5.32 Å². The van der Waals surface area contributed by atoms with Gasteiger partial charge in [-0.05, 0) is 31.2 Å². The monoisotopic (exact) mass is 344 g/mol. The van der Waals surface area contributed by atoms with Crippen LogP contribution in [0.3, 0.4) is 0 Å². The van der Waals surface area contributed by atoms with Gasteiger partial charge in [0.05, 0.1) is 17.7 Å². The first kappa shape index (κ1) is 16.3. The van der Waals surface area contributed by atoms with Gasteiger partial charge in [0.2, 0.25) is 5.91 Å². The van der Waals surface area contributed by atoms with Crippen LogP contribution in [0.2, 0.25) is 0 Å². The zero-order chi connectivity index (χ0) is 17.1. The molecule has 0 saturated carbocycles. The van der Waals surface area contributed by atoms with E-state index in [-0.39, 0.29) is 23.6 Å². The van der Waals surface area contributed by atoms with Crippen molar-refractivity contribution >= 4 is 22.9 Å². The van der Waals surface area contributed by atoms with Crippen molar-refractivity contribution in [1.29, 1.82) is 0 Å². The summed E-state index contributed by atoms with van der Waals surface area (Å²) in [5, 5.41) is 4.82. The van der Waals surface area contributed by atoms with Gasteiger partial charge in [0, 0.05) is 11.1 Å². The average molecular weight is 344 g/mol. The van der Waals surface area contributed by atoms with E-state index in [1.165, 1.54) is 29.5 Å². The Balaban J connectivity index is 1.72. The van der Waals surface area contributed by atoms with E-state index in [2.05, 4.69) is 10.3 Å². The second-order valence-corrected chi connectivity index (χ2v) is 6.26. The van der Waals surface area contributed by atoms with Crippen molar-refractivity contribution in [2.75, 3.05) is 5.32 Å². The third-order valence-electron chi connectivity index (χ3n) is 3.42. The number of hydrogen-bond acceptors (Lipinski definition) is 3. The molecule has 0 spiro atoms. The lowest BCUT2D eigenvalue weighted by atomic mass is 10.1. The number of nitrogens with zero attached hydrogens (tertiary/aromatic N) is 1. The molecule has 0 atom stereocenters. The molecule has 0 unspecified atom stereocenters. The van der Waals surface area contributed by atoms with Crippen LogP contribution in [-0.4, -0.2) is 10.9 Å². The Morgan fingerprint density at radius 2 is 1.79 bits per heavy atom. The summed E-state index contributed by atoms with van der Waals surface area (Å²) in [4.78, 5) is 16.2. The van der Waals surface area contributed by atoms with Crippen LogP contribution in [0.1, 0.15) is 10.6 Å². The van der Waals surface area contributed by atoms with Gasteiger partial charge in [0.1, 0.15) is 16.6 Å². The Morgan fingerprint density at radius 1 is 1.12 bits per heavy atom. The van der Waals surface area contributed by atoms with Gasteiger partial charge < -0.3 is 5.32 Å². The summed E-state index contributed by atoms with van der Waals surface area (Å²) in [5.74, 6) is -1.57. The average Bonchev–Trinajstić information content (AvgIpc) is 2.97. The van der Waals surface area contributed by atoms with Gasteiger partial charge in [-0.15, -0.1) is 11.3 Å². The second-order valence-electron chi connectivity index (χ2n) is 5.31. The van der Waals surface area contributed by atoms with E-state index < -0.39 is 11.6 Å². The summed E-state index contributed by atoms with van der Waals surface area (Å²) in [6.45, 7) is 1.96. The van der Waals surface area contributed by atoms with Crippen molar-refractivity contribution < 1.29 is 13.6 Å². The smallest absolute Gasteiger partial charge is 0.231 e. The molecule has 0 aliphatic carbocycles. The lowest BCUT2D eigenvalue weighted by molar-refractivity contribution is -0.115. The standard InChI is InChI=1S/C18H14F2N2OS/c1-11-5-7-12(8-6-11)21-16(23)9-17-22-15(10-24-17)18-13(19)3-2-4-14(18)20/h2-8,10H,9H2,1H3,(H,21,23). The fourth-order valence-electron chi connectivity index (χ4n) is 2.23. The predicted octanol–water partition coefficient (Wildman–Crippen LogP) is 4.58. The van der Waals surface area contributed by atoms with Gasteiger partial charge in [-0.25, -0.2) is 13.8 Å². The molecule has 6 heteroatoms. The van der Waals surface area contributed by atoms with Crippen molar-refractivity contribution in [3.8, 4) is 11.3 Å². The molecular weight excluding hydrogens is 330 g/mol. The zero-order valence-corrected chi connectivity index (χ0v) is 13.7. The van der Waals surface area contributed by atoms with Crippen molar-refractivity contribution in [2.45, 2.75) is 13.3 Å². The third kappa shape index (κ3) is 3.65. The maximum absolute atomic E-state index is 13.8. The van der Waals surface area contributed by atoms with Gasteiger partial charge in [-0.1, -0.05) is 23.8 Å². The Bertz CT molecular complexity index is 855. The van der Waals surface area contributed by atoms with E-state index >= 15 is 0 Å². The Labute approximate surface area is 142 Å². The molecule has 0 aliphatic rings. The largest absolute Gasteiger partial charge is 0.326 e. The molecular formula is C18H14F2N2OS. The molecule has 3 aromatic rings. The molecule has 1 heterocycles. The molecule has 2 aromatic carbocycles. The van der Waals surface area contributed by atoms with E-state index in [4.69, 9.17) is 0 Å². The molecule has 0 aliphatic heterocycles. The predicted molar refractivity (Wildman–Crippen MR) is 91.0 cm³/mol. The first-order chi connectivity index (χ1) is 11.5. The number of thiazole rings is 1. The highest BCUT2D eigenvalue weighted by atomic mass is 32.1. The number of rotatable bonds is 4. The molecule has 0 bridgehead atoms. The van der Waals surface area contributed by atoms with Crippen molar-refractivity contribution in [2.24, 2.45) is 0 Å². The van der Waals surface area contributed by atoms with Crippen LogP contribution in [0.4, 0.5) is 14.5 Å². The number of anilines is 1. The number of amides is 1. The maximum atomic E-state index is 13.8. The highest BCUT2D eigenvalue weighted by molar-refractivity contribution is 7.10. The van der Waals surface area contributed by atoms with Gasteiger partial charge in [-0.3, -0.25) is 4.79 Å². The van der Waals surface area contributed by atoms with Crippen LogP contribution in [0, 0.1) is 18.6 Å². The molecule has 122 valence electrons. The van der Waals surface area contributed by atoms with E-state index in [1.54, 1.807) is 5.38 Å². The zero-order valence-electron chi connectivity index (χ0n) is 12.8. The molecule has 3 nitrogen and oxygen atoms in total. The van der Waals surface area contributed by atoms with E-state index in [9.17, 15) is 13.6 Å². The molecule has 3 rings (SSSR count). The highest BCUT2D eigenvalue weighted by Crippen LogP contribution is 2.27. The topological polar surface area (TPSA) is 42.0 Å². The van der Waals surface area contributed by atoms with Crippen LogP contribution in [-0.2, 0) is 11.2 Å². The summed E-state index contributed by atoms with van der Waals surface area (Å²) in [6, 6.07) is 11.1. The molecule has 0 saturated heterocycles.